The van der Waals surface area contributed by atoms with Gasteiger partial charge in [-0.3, -0.25) is 0 Å². The number of aliphatic hydroxyl groups excluding tert-OH is 1. The molecule has 0 aliphatic carbocycles. The predicted octanol–water partition coefficient (Wildman–Crippen LogP) is 1.69. The first-order valence-corrected chi connectivity index (χ1v) is 4.51. The van der Waals surface area contributed by atoms with E-state index in [9.17, 15) is 0 Å². The van der Waals surface area contributed by atoms with Crippen molar-refractivity contribution in [2.24, 2.45) is 0 Å². The zero-order valence-electron chi connectivity index (χ0n) is 7.97. The standard InChI is InChI=1S/C12H9NO2/c14-8-1-2-10-3-5-11(6-4-10)12-7-9-15-13-12/h3-7,9,14H,8H2. The van der Waals surface area contributed by atoms with Crippen molar-refractivity contribution in [3.63, 3.8) is 0 Å². The molecule has 0 saturated carbocycles. The van der Waals surface area contributed by atoms with Gasteiger partial charge in [-0.1, -0.05) is 29.1 Å². The molecule has 15 heavy (non-hydrogen) atoms. The molecule has 2 aromatic rings. The Morgan fingerprint density at radius 3 is 2.60 bits per heavy atom. The van der Waals surface area contributed by atoms with Gasteiger partial charge in [0.1, 0.15) is 18.6 Å². The van der Waals surface area contributed by atoms with Crippen LogP contribution in [0, 0.1) is 11.8 Å². The highest BCUT2D eigenvalue weighted by Crippen LogP contribution is 2.16. The molecule has 3 nitrogen and oxygen atoms in total. The lowest BCUT2D eigenvalue weighted by molar-refractivity contribution is 0.350. The van der Waals surface area contributed by atoms with E-state index in [0.29, 0.717) is 0 Å². The van der Waals surface area contributed by atoms with Crippen LogP contribution in [0.15, 0.2) is 41.1 Å². The van der Waals surface area contributed by atoms with Gasteiger partial charge in [0.2, 0.25) is 0 Å². The molecular formula is C12H9NO2. The largest absolute Gasteiger partial charge is 0.384 e. The first-order chi connectivity index (χ1) is 7.40. The zero-order chi connectivity index (χ0) is 10.5. The van der Waals surface area contributed by atoms with Crippen LogP contribution in [0.25, 0.3) is 11.3 Å². The van der Waals surface area contributed by atoms with Crippen molar-refractivity contribution in [1.29, 1.82) is 0 Å². The third-order valence-electron chi connectivity index (χ3n) is 1.93. The average molecular weight is 199 g/mol. The molecule has 0 radical (unpaired) electrons. The molecule has 1 aromatic heterocycles. The molecule has 0 saturated heterocycles. The highest BCUT2D eigenvalue weighted by molar-refractivity contribution is 5.59. The highest BCUT2D eigenvalue weighted by Gasteiger charge is 1.99. The van der Waals surface area contributed by atoms with E-state index in [1.807, 2.05) is 24.3 Å². The summed E-state index contributed by atoms with van der Waals surface area (Å²) in [6.45, 7) is -0.120. The highest BCUT2D eigenvalue weighted by atomic mass is 16.5. The molecule has 0 spiro atoms. The fourth-order valence-electron chi connectivity index (χ4n) is 1.23. The number of rotatable bonds is 1. The molecule has 0 aliphatic rings. The SMILES string of the molecule is OCC#Cc1ccc(-c2ccon2)cc1. The molecular weight excluding hydrogens is 190 g/mol. The van der Waals surface area contributed by atoms with Gasteiger partial charge in [0.15, 0.2) is 0 Å². The fraction of sp³-hybridized carbons (Fsp3) is 0.0833. The van der Waals surface area contributed by atoms with E-state index in [1.54, 1.807) is 6.07 Å². The van der Waals surface area contributed by atoms with Crippen molar-refractivity contribution in [1.82, 2.24) is 5.16 Å². The van der Waals surface area contributed by atoms with Gasteiger partial charge in [0, 0.05) is 17.2 Å². The number of aromatic nitrogens is 1. The van der Waals surface area contributed by atoms with E-state index < -0.39 is 0 Å². The molecule has 0 bridgehead atoms. The second-order valence-electron chi connectivity index (χ2n) is 2.92. The second-order valence-corrected chi connectivity index (χ2v) is 2.92. The Morgan fingerprint density at radius 2 is 2.00 bits per heavy atom. The van der Waals surface area contributed by atoms with Crippen LogP contribution in [0.3, 0.4) is 0 Å². The van der Waals surface area contributed by atoms with Crippen molar-refractivity contribution >= 4 is 0 Å². The third-order valence-corrected chi connectivity index (χ3v) is 1.93. The summed E-state index contributed by atoms with van der Waals surface area (Å²) in [6.07, 6.45) is 1.54. The summed E-state index contributed by atoms with van der Waals surface area (Å²) in [7, 11) is 0. The van der Waals surface area contributed by atoms with Crippen molar-refractivity contribution < 1.29 is 9.63 Å². The maximum absolute atomic E-state index is 8.54. The maximum Gasteiger partial charge on any atom is 0.124 e. The van der Waals surface area contributed by atoms with E-state index >= 15 is 0 Å². The lowest BCUT2D eigenvalue weighted by atomic mass is 10.1. The Hall–Kier alpha value is -2.05. The second kappa shape index (κ2) is 4.45. The van der Waals surface area contributed by atoms with Crippen LogP contribution in [0.1, 0.15) is 5.56 Å². The van der Waals surface area contributed by atoms with Crippen LogP contribution in [-0.2, 0) is 0 Å². The summed E-state index contributed by atoms with van der Waals surface area (Å²) in [5.74, 6) is 5.41. The Bertz CT molecular complexity index is 475. The third kappa shape index (κ3) is 2.25. The number of hydrogen-bond acceptors (Lipinski definition) is 3. The van der Waals surface area contributed by atoms with E-state index in [-0.39, 0.29) is 6.61 Å². The topological polar surface area (TPSA) is 46.3 Å². The van der Waals surface area contributed by atoms with Crippen molar-refractivity contribution in [3.8, 4) is 23.1 Å². The van der Waals surface area contributed by atoms with Gasteiger partial charge in [-0.15, -0.1) is 0 Å². The zero-order valence-corrected chi connectivity index (χ0v) is 7.97. The molecule has 1 N–H and O–H groups in total. The van der Waals surface area contributed by atoms with Crippen molar-refractivity contribution in [2.45, 2.75) is 0 Å². The Morgan fingerprint density at radius 1 is 1.20 bits per heavy atom. The van der Waals surface area contributed by atoms with Crippen molar-refractivity contribution in [2.75, 3.05) is 6.61 Å². The summed E-state index contributed by atoms with van der Waals surface area (Å²) in [5, 5.41) is 12.4. The van der Waals surface area contributed by atoms with Crippen LogP contribution < -0.4 is 0 Å². The smallest absolute Gasteiger partial charge is 0.124 e. The van der Waals surface area contributed by atoms with E-state index in [2.05, 4.69) is 17.0 Å². The van der Waals surface area contributed by atoms with Crippen LogP contribution >= 0.6 is 0 Å². The van der Waals surface area contributed by atoms with Crippen molar-refractivity contribution in [3.05, 3.63) is 42.2 Å². The van der Waals surface area contributed by atoms with E-state index in [4.69, 9.17) is 9.63 Å². The molecule has 0 amide bonds. The van der Waals surface area contributed by atoms with Gasteiger partial charge in [0.25, 0.3) is 0 Å². The van der Waals surface area contributed by atoms with Crippen LogP contribution in [0.4, 0.5) is 0 Å². The normalized spacial score (nSPS) is 9.40. The first-order valence-electron chi connectivity index (χ1n) is 4.51. The Kier molecular flexibility index (Phi) is 2.82. The Balaban J connectivity index is 2.25. The van der Waals surface area contributed by atoms with Gasteiger partial charge in [-0.2, -0.15) is 0 Å². The molecule has 2 rings (SSSR count). The quantitative estimate of drug-likeness (QED) is 0.711. The van der Waals surface area contributed by atoms with Gasteiger partial charge in [-0.05, 0) is 12.1 Å². The summed E-state index contributed by atoms with van der Waals surface area (Å²) in [5.41, 5.74) is 2.66. The van der Waals surface area contributed by atoms with Crippen LogP contribution in [-0.4, -0.2) is 16.9 Å². The van der Waals surface area contributed by atoms with Gasteiger partial charge in [-0.25, -0.2) is 0 Å². The number of nitrogens with zero attached hydrogens (tertiary/aromatic N) is 1. The molecule has 0 fully saturated rings. The fourth-order valence-corrected chi connectivity index (χ4v) is 1.23. The molecule has 1 heterocycles. The molecule has 0 atom stereocenters. The van der Waals surface area contributed by atoms with Crippen LogP contribution in [0.2, 0.25) is 0 Å². The number of benzene rings is 1. The summed E-state index contributed by atoms with van der Waals surface area (Å²) in [4.78, 5) is 0. The van der Waals surface area contributed by atoms with Gasteiger partial charge >= 0.3 is 0 Å². The summed E-state index contributed by atoms with van der Waals surface area (Å²) < 4.78 is 4.75. The number of hydrogen-bond donors (Lipinski definition) is 1. The summed E-state index contributed by atoms with van der Waals surface area (Å²) in [6, 6.07) is 9.40. The van der Waals surface area contributed by atoms with E-state index in [0.717, 1.165) is 16.8 Å². The van der Waals surface area contributed by atoms with Gasteiger partial charge in [0.05, 0.1) is 0 Å². The predicted molar refractivity (Wildman–Crippen MR) is 55.9 cm³/mol. The molecule has 1 aromatic carbocycles. The van der Waals surface area contributed by atoms with Crippen LogP contribution in [0.5, 0.6) is 0 Å². The lowest BCUT2D eigenvalue weighted by Gasteiger charge is -1.94. The molecule has 0 aliphatic heterocycles. The monoisotopic (exact) mass is 199 g/mol. The molecule has 0 unspecified atom stereocenters. The minimum absolute atomic E-state index is 0.120. The summed E-state index contributed by atoms with van der Waals surface area (Å²) >= 11 is 0. The molecule has 74 valence electrons. The minimum Gasteiger partial charge on any atom is -0.384 e. The average Bonchev–Trinajstić information content (AvgIpc) is 2.80. The number of aliphatic hydroxyl groups is 1. The molecule has 3 heteroatoms. The first kappa shape index (κ1) is 9.50. The maximum atomic E-state index is 8.54. The Labute approximate surface area is 87.3 Å². The van der Waals surface area contributed by atoms with Gasteiger partial charge < -0.3 is 9.63 Å². The van der Waals surface area contributed by atoms with E-state index in [1.165, 1.54) is 6.26 Å². The minimum atomic E-state index is -0.120. The lowest BCUT2D eigenvalue weighted by Crippen LogP contribution is -1.79.